The number of halogens is 1. The predicted octanol–water partition coefficient (Wildman–Crippen LogP) is 4.72. The van der Waals surface area contributed by atoms with E-state index in [9.17, 15) is 0 Å². The van der Waals surface area contributed by atoms with Crippen LogP contribution >= 0.6 is 17.0 Å². The molecule has 0 aliphatic carbocycles. The van der Waals surface area contributed by atoms with Gasteiger partial charge in [0.05, 0.1) is 16.7 Å². The van der Waals surface area contributed by atoms with Crippen LogP contribution in [0, 0.1) is 0 Å². The minimum atomic E-state index is 0. The minimum absolute atomic E-state index is 0. The van der Waals surface area contributed by atoms with Crippen LogP contribution in [0.1, 0.15) is 0 Å². The Hall–Kier alpha value is -2.33. The Morgan fingerprint density at radius 1 is 0.955 bits per heavy atom. The molecule has 0 amide bonds. The van der Waals surface area contributed by atoms with Crippen molar-refractivity contribution in [2.45, 2.75) is 6.54 Å². The molecular formula is C18H16BrN3. The first-order valence-corrected chi connectivity index (χ1v) is 7.01. The molecule has 2 heterocycles. The third kappa shape index (κ3) is 2.16. The molecule has 22 heavy (non-hydrogen) atoms. The average molecular weight is 354 g/mol. The van der Waals surface area contributed by atoms with Crippen LogP contribution in [0.2, 0.25) is 0 Å². The first kappa shape index (κ1) is 14.6. The van der Waals surface area contributed by atoms with Crippen LogP contribution in [0.5, 0.6) is 0 Å². The van der Waals surface area contributed by atoms with Crippen LogP contribution in [-0.2, 0) is 6.54 Å². The van der Waals surface area contributed by atoms with Crippen molar-refractivity contribution in [3.8, 4) is 11.3 Å². The fourth-order valence-corrected chi connectivity index (χ4v) is 2.80. The van der Waals surface area contributed by atoms with E-state index in [0.29, 0.717) is 0 Å². The van der Waals surface area contributed by atoms with E-state index in [1.807, 2.05) is 24.3 Å². The zero-order valence-electron chi connectivity index (χ0n) is 12.0. The molecule has 2 aromatic carbocycles. The van der Waals surface area contributed by atoms with Gasteiger partial charge in [0, 0.05) is 18.3 Å². The summed E-state index contributed by atoms with van der Waals surface area (Å²) < 4.78 is 4.34. The topological polar surface area (TPSA) is 22.2 Å². The molecular weight excluding hydrogens is 338 g/mol. The maximum atomic E-state index is 4.82. The number of nitrogens with zero attached hydrogens (tertiary/aromatic N) is 3. The lowest BCUT2D eigenvalue weighted by Crippen LogP contribution is -1.95. The fraction of sp³-hybridized carbons (Fsp3) is 0.0556. The number of allylic oxidation sites excluding steroid dienone is 1. The van der Waals surface area contributed by atoms with Gasteiger partial charge in [-0.05, 0) is 12.1 Å². The highest BCUT2D eigenvalue weighted by atomic mass is 79.9. The van der Waals surface area contributed by atoms with Gasteiger partial charge in [0.1, 0.15) is 0 Å². The molecule has 0 unspecified atom stereocenters. The largest absolute Gasteiger partial charge is 0.306 e. The second-order valence-corrected chi connectivity index (χ2v) is 5.05. The molecule has 0 saturated heterocycles. The van der Waals surface area contributed by atoms with Crippen LogP contribution in [0.3, 0.4) is 0 Å². The normalized spacial score (nSPS) is 10.7. The molecule has 4 aromatic rings. The third-order valence-electron chi connectivity index (χ3n) is 3.74. The van der Waals surface area contributed by atoms with Gasteiger partial charge in [-0.2, -0.15) is 0 Å². The highest BCUT2D eigenvalue weighted by Gasteiger charge is 2.13. The number of aromatic nitrogens is 3. The van der Waals surface area contributed by atoms with Gasteiger partial charge in [-0.25, -0.2) is 4.98 Å². The standard InChI is InChI=1S/C18H15N3.BrH/c1-2-12-20-16-10-6-7-11-17(16)21-13-15(19-18(20)21)14-8-4-3-5-9-14;/h2-11,13H,1,12H2;1H. The van der Waals surface area contributed by atoms with Gasteiger partial charge in [-0.15, -0.1) is 23.6 Å². The van der Waals surface area contributed by atoms with E-state index < -0.39 is 0 Å². The summed E-state index contributed by atoms with van der Waals surface area (Å²) in [5.41, 5.74) is 4.48. The summed E-state index contributed by atoms with van der Waals surface area (Å²) in [5.74, 6) is 0.954. The quantitative estimate of drug-likeness (QED) is 0.488. The molecule has 0 radical (unpaired) electrons. The molecule has 2 aromatic heterocycles. The van der Waals surface area contributed by atoms with Crippen LogP contribution in [0.4, 0.5) is 0 Å². The number of imidazole rings is 2. The van der Waals surface area contributed by atoms with Crippen molar-refractivity contribution in [3.05, 3.63) is 73.4 Å². The highest BCUT2D eigenvalue weighted by molar-refractivity contribution is 8.93. The second-order valence-electron chi connectivity index (χ2n) is 5.05. The molecule has 0 spiro atoms. The molecule has 3 nitrogen and oxygen atoms in total. The Balaban J connectivity index is 0.00000144. The smallest absolute Gasteiger partial charge is 0.215 e. The Morgan fingerprint density at radius 3 is 2.36 bits per heavy atom. The lowest BCUT2D eigenvalue weighted by atomic mass is 10.2. The maximum Gasteiger partial charge on any atom is 0.215 e. The van der Waals surface area contributed by atoms with Crippen LogP contribution in [-0.4, -0.2) is 14.0 Å². The summed E-state index contributed by atoms with van der Waals surface area (Å²) >= 11 is 0. The second kappa shape index (κ2) is 5.81. The van der Waals surface area contributed by atoms with Crippen LogP contribution < -0.4 is 0 Å². The van der Waals surface area contributed by atoms with Gasteiger partial charge in [-0.1, -0.05) is 48.5 Å². The van der Waals surface area contributed by atoms with Gasteiger partial charge in [0.25, 0.3) is 0 Å². The summed E-state index contributed by atoms with van der Waals surface area (Å²) in [4.78, 5) is 4.82. The molecule has 4 rings (SSSR count). The predicted molar refractivity (Wildman–Crippen MR) is 96.6 cm³/mol. The van der Waals surface area contributed by atoms with E-state index in [1.165, 1.54) is 11.0 Å². The molecule has 0 fully saturated rings. The van der Waals surface area contributed by atoms with Gasteiger partial charge < -0.3 is 4.57 Å². The Morgan fingerprint density at radius 2 is 1.64 bits per heavy atom. The van der Waals surface area contributed by atoms with Crippen molar-refractivity contribution < 1.29 is 0 Å². The Kier molecular flexibility index (Phi) is 3.86. The number of fused-ring (bicyclic) bond motifs is 3. The zero-order chi connectivity index (χ0) is 14.2. The van der Waals surface area contributed by atoms with E-state index in [1.54, 1.807) is 0 Å². The summed E-state index contributed by atoms with van der Waals surface area (Å²) in [6.45, 7) is 4.61. The van der Waals surface area contributed by atoms with Gasteiger partial charge >= 0.3 is 0 Å². The molecule has 0 atom stereocenters. The molecule has 0 bridgehead atoms. The SMILES string of the molecule is Br.C=CCn1c2ccccc2n2cc(-c3ccccc3)nc12. The number of benzene rings is 2. The highest BCUT2D eigenvalue weighted by Crippen LogP contribution is 2.25. The first-order chi connectivity index (χ1) is 10.4. The van der Waals surface area contributed by atoms with Crippen LogP contribution in [0.15, 0.2) is 73.4 Å². The maximum absolute atomic E-state index is 4.82. The number of hydrogen-bond donors (Lipinski definition) is 0. The lowest BCUT2D eigenvalue weighted by Gasteiger charge is -2.00. The minimum Gasteiger partial charge on any atom is -0.306 e. The summed E-state index contributed by atoms with van der Waals surface area (Å²) in [6.07, 6.45) is 4.01. The molecule has 0 aliphatic rings. The number of hydrogen-bond acceptors (Lipinski definition) is 1. The summed E-state index contributed by atoms with van der Waals surface area (Å²) in [5, 5.41) is 0. The van der Waals surface area contributed by atoms with Crippen molar-refractivity contribution in [1.29, 1.82) is 0 Å². The van der Waals surface area contributed by atoms with Gasteiger partial charge in [0.15, 0.2) is 0 Å². The first-order valence-electron chi connectivity index (χ1n) is 7.01. The van der Waals surface area contributed by atoms with E-state index in [-0.39, 0.29) is 17.0 Å². The van der Waals surface area contributed by atoms with Crippen molar-refractivity contribution in [3.63, 3.8) is 0 Å². The van der Waals surface area contributed by atoms with Crippen molar-refractivity contribution >= 4 is 33.8 Å². The van der Waals surface area contributed by atoms with E-state index >= 15 is 0 Å². The van der Waals surface area contributed by atoms with E-state index in [0.717, 1.165) is 23.6 Å². The average Bonchev–Trinajstić information content (AvgIpc) is 3.08. The zero-order valence-corrected chi connectivity index (χ0v) is 13.7. The van der Waals surface area contributed by atoms with Gasteiger partial charge in [-0.3, -0.25) is 4.40 Å². The molecule has 0 N–H and O–H groups in total. The fourth-order valence-electron chi connectivity index (χ4n) is 2.80. The number of rotatable bonds is 3. The summed E-state index contributed by atoms with van der Waals surface area (Å²) in [7, 11) is 0. The molecule has 4 heteroatoms. The monoisotopic (exact) mass is 353 g/mol. The lowest BCUT2D eigenvalue weighted by molar-refractivity contribution is 0.874. The summed E-state index contributed by atoms with van der Waals surface area (Å²) in [6, 6.07) is 18.6. The number of para-hydroxylation sites is 2. The van der Waals surface area contributed by atoms with Gasteiger partial charge in [0.2, 0.25) is 5.78 Å². The Bertz CT molecular complexity index is 935. The molecule has 0 saturated carbocycles. The molecule has 110 valence electrons. The van der Waals surface area contributed by atoms with Crippen molar-refractivity contribution in [2.75, 3.05) is 0 Å². The van der Waals surface area contributed by atoms with Crippen molar-refractivity contribution in [2.24, 2.45) is 0 Å². The van der Waals surface area contributed by atoms with E-state index in [4.69, 9.17) is 4.98 Å². The Labute approximate surface area is 139 Å². The van der Waals surface area contributed by atoms with Crippen molar-refractivity contribution in [1.82, 2.24) is 14.0 Å². The van der Waals surface area contributed by atoms with Crippen LogP contribution in [0.25, 0.3) is 28.1 Å². The third-order valence-corrected chi connectivity index (χ3v) is 3.74. The molecule has 0 aliphatic heterocycles. The van der Waals surface area contributed by atoms with E-state index in [2.05, 4.69) is 58.1 Å².